The Bertz CT molecular complexity index is 677. The number of sulfonamides is 1. The quantitative estimate of drug-likeness (QED) is 0.822. The van der Waals surface area contributed by atoms with E-state index < -0.39 is 16.1 Å². The maximum Gasteiger partial charge on any atom is 0.243 e. The van der Waals surface area contributed by atoms with Crippen LogP contribution in [0.15, 0.2) is 18.2 Å². The molecule has 0 saturated heterocycles. The number of rotatable bonds is 6. The Hall–Kier alpha value is -0.980. The van der Waals surface area contributed by atoms with Crippen molar-refractivity contribution >= 4 is 44.8 Å². The summed E-state index contributed by atoms with van der Waals surface area (Å²) in [4.78, 5) is 12.4. The monoisotopic (exact) mass is 380 g/mol. The van der Waals surface area contributed by atoms with E-state index >= 15 is 0 Å². The molecule has 5 nitrogen and oxygen atoms in total. The zero-order valence-electron chi connectivity index (χ0n) is 13.8. The summed E-state index contributed by atoms with van der Waals surface area (Å²) >= 11 is 11.8. The van der Waals surface area contributed by atoms with E-state index in [-0.39, 0.29) is 22.9 Å². The molecule has 1 N–H and O–H groups in total. The predicted molar refractivity (Wildman–Crippen MR) is 95.7 cm³/mol. The maximum atomic E-state index is 12.4. The van der Waals surface area contributed by atoms with Crippen LogP contribution < -0.4 is 9.62 Å². The van der Waals surface area contributed by atoms with Gasteiger partial charge in [-0.3, -0.25) is 9.10 Å². The van der Waals surface area contributed by atoms with E-state index in [1.807, 2.05) is 20.8 Å². The second kappa shape index (κ2) is 7.73. The Morgan fingerprint density at radius 1 is 1.13 bits per heavy atom. The average molecular weight is 381 g/mol. The molecular weight excluding hydrogens is 359 g/mol. The van der Waals surface area contributed by atoms with Gasteiger partial charge in [-0.05, 0) is 38.0 Å². The van der Waals surface area contributed by atoms with Crippen molar-refractivity contribution in [1.29, 1.82) is 0 Å². The summed E-state index contributed by atoms with van der Waals surface area (Å²) in [6.45, 7) is 7.36. The van der Waals surface area contributed by atoms with E-state index in [1.54, 1.807) is 0 Å². The van der Waals surface area contributed by atoms with E-state index in [2.05, 4.69) is 5.32 Å². The molecule has 0 unspecified atom stereocenters. The Balaban J connectivity index is 3.17. The van der Waals surface area contributed by atoms with Gasteiger partial charge in [0.2, 0.25) is 15.9 Å². The Morgan fingerprint density at radius 3 is 2.13 bits per heavy atom. The lowest BCUT2D eigenvalue weighted by atomic mass is 10.1. The molecule has 1 aromatic carbocycles. The van der Waals surface area contributed by atoms with Crippen LogP contribution >= 0.6 is 23.2 Å². The molecule has 8 heteroatoms. The molecule has 23 heavy (non-hydrogen) atoms. The summed E-state index contributed by atoms with van der Waals surface area (Å²) in [6.07, 6.45) is 1.05. The Morgan fingerprint density at radius 2 is 1.70 bits per heavy atom. The van der Waals surface area contributed by atoms with Gasteiger partial charge in [-0.1, -0.05) is 37.0 Å². The molecule has 1 amide bonds. The van der Waals surface area contributed by atoms with Gasteiger partial charge < -0.3 is 5.32 Å². The van der Waals surface area contributed by atoms with Gasteiger partial charge in [-0.2, -0.15) is 0 Å². The van der Waals surface area contributed by atoms with Crippen LogP contribution in [0.3, 0.4) is 0 Å². The van der Waals surface area contributed by atoms with Gasteiger partial charge >= 0.3 is 0 Å². The summed E-state index contributed by atoms with van der Waals surface area (Å²) in [5, 5.41) is 3.36. The van der Waals surface area contributed by atoms with Crippen LogP contribution in [0.5, 0.6) is 0 Å². The molecule has 0 saturated carbocycles. The minimum absolute atomic E-state index is 0.0693. The third-order valence-corrected chi connectivity index (χ3v) is 5.60. The van der Waals surface area contributed by atoms with Gasteiger partial charge in [0, 0.05) is 6.04 Å². The van der Waals surface area contributed by atoms with E-state index in [1.165, 1.54) is 25.1 Å². The first-order valence-corrected chi connectivity index (χ1v) is 9.80. The van der Waals surface area contributed by atoms with Crippen molar-refractivity contribution in [1.82, 2.24) is 5.32 Å². The molecule has 0 aliphatic carbocycles. The number of carbonyl (C=O) groups is 1. The number of nitrogens with one attached hydrogen (secondary N) is 1. The van der Waals surface area contributed by atoms with E-state index in [0.717, 1.165) is 10.6 Å². The molecule has 0 aliphatic heterocycles. The van der Waals surface area contributed by atoms with Crippen molar-refractivity contribution in [2.45, 2.75) is 39.8 Å². The van der Waals surface area contributed by atoms with Crippen LogP contribution in [-0.2, 0) is 14.8 Å². The number of nitrogens with zero attached hydrogens (tertiary/aromatic N) is 1. The molecule has 130 valence electrons. The fourth-order valence-corrected chi connectivity index (χ4v) is 3.40. The first-order chi connectivity index (χ1) is 10.4. The van der Waals surface area contributed by atoms with Crippen molar-refractivity contribution in [3.05, 3.63) is 28.2 Å². The summed E-state index contributed by atoms with van der Waals surface area (Å²) in [5.74, 6) is -0.134. The lowest BCUT2D eigenvalue weighted by Gasteiger charge is -2.30. The fraction of sp³-hybridized carbons (Fsp3) is 0.533. The summed E-state index contributed by atoms with van der Waals surface area (Å²) in [7, 11) is -3.68. The molecule has 2 atom stereocenters. The zero-order chi connectivity index (χ0) is 17.9. The predicted octanol–water partition coefficient (Wildman–Crippen LogP) is 3.31. The third kappa shape index (κ3) is 5.26. The van der Waals surface area contributed by atoms with Crippen LogP contribution in [0.4, 0.5) is 5.69 Å². The smallest absolute Gasteiger partial charge is 0.243 e. The van der Waals surface area contributed by atoms with Crippen molar-refractivity contribution in [3.63, 3.8) is 0 Å². The number of hydrogen-bond acceptors (Lipinski definition) is 3. The summed E-state index contributed by atoms with van der Waals surface area (Å²) in [5.41, 5.74) is 0.293. The number of halogens is 2. The van der Waals surface area contributed by atoms with E-state index in [0.29, 0.717) is 10.7 Å². The molecule has 0 aliphatic rings. The molecule has 1 aromatic rings. The molecule has 0 heterocycles. The molecular formula is C15H22Cl2N2O3S. The van der Waals surface area contributed by atoms with Crippen molar-refractivity contribution in [2.75, 3.05) is 10.6 Å². The van der Waals surface area contributed by atoms with E-state index in [4.69, 9.17) is 23.2 Å². The molecule has 0 spiro atoms. The molecule has 1 rings (SSSR count). The number of benzene rings is 1. The van der Waals surface area contributed by atoms with Gasteiger partial charge in [-0.15, -0.1) is 0 Å². The van der Waals surface area contributed by atoms with Gasteiger partial charge in [0.05, 0.1) is 22.0 Å². The van der Waals surface area contributed by atoms with Crippen LogP contribution in [0, 0.1) is 5.92 Å². The lowest BCUT2D eigenvalue weighted by molar-refractivity contribution is -0.122. The highest BCUT2D eigenvalue weighted by Gasteiger charge is 2.30. The van der Waals surface area contributed by atoms with Crippen molar-refractivity contribution < 1.29 is 13.2 Å². The van der Waals surface area contributed by atoms with Crippen LogP contribution in [0.25, 0.3) is 0 Å². The molecule has 0 aromatic heterocycles. The molecule has 0 radical (unpaired) electrons. The van der Waals surface area contributed by atoms with Crippen LogP contribution in [-0.4, -0.2) is 32.7 Å². The number of carbonyl (C=O) groups excluding carboxylic acids is 1. The van der Waals surface area contributed by atoms with Gasteiger partial charge in [0.15, 0.2) is 0 Å². The minimum Gasteiger partial charge on any atom is -0.352 e. The van der Waals surface area contributed by atoms with Gasteiger partial charge in [0.1, 0.15) is 6.04 Å². The largest absolute Gasteiger partial charge is 0.352 e. The molecule has 0 bridgehead atoms. The number of anilines is 1. The third-order valence-electron chi connectivity index (χ3n) is 3.62. The molecule has 0 fully saturated rings. The highest BCUT2D eigenvalue weighted by Crippen LogP contribution is 2.29. The second-order valence-corrected chi connectivity index (χ2v) is 8.55. The maximum absolute atomic E-state index is 12.4. The summed E-state index contributed by atoms with van der Waals surface area (Å²) < 4.78 is 25.4. The first kappa shape index (κ1) is 20.1. The average Bonchev–Trinajstić information content (AvgIpc) is 2.41. The summed E-state index contributed by atoms with van der Waals surface area (Å²) in [6, 6.07) is 3.47. The lowest BCUT2D eigenvalue weighted by Crippen LogP contribution is -2.50. The number of hydrogen-bond donors (Lipinski definition) is 1. The van der Waals surface area contributed by atoms with Crippen molar-refractivity contribution in [3.8, 4) is 0 Å². The highest BCUT2D eigenvalue weighted by atomic mass is 35.5. The van der Waals surface area contributed by atoms with Gasteiger partial charge in [0.25, 0.3) is 0 Å². The minimum atomic E-state index is -3.68. The first-order valence-electron chi connectivity index (χ1n) is 7.20. The van der Waals surface area contributed by atoms with Crippen LogP contribution in [0.1, 0.15) is 27.7 Å². The van der Waals surface area contributed by atoms with Gasteiger partial charge in [-0.25, -0.2) is 8.42 Å². The highest BCUT2D eigenvalue weighted by molar-refractivity contribution is 7.92. The second-order valence-electron chi connectivity index (χ2n) is 5.87. The van der Waals surface area contributed by atoms with Crippen molar-refractivity contribution in [2.24, 2.45) is 5.92 Å². The normalized spacial score (nSPS) is 14.4. The Kier molecular flexibility index (Phi) is 6.74. The Labute approximate surface area is 148 Å². The standard InChI is InChI=1S/C15H22Cl2N2O3S/c1-9(2)10(3)18-15(20)11(4)19(23(5,21)22)12-6-7-13(16)14(17)8-12/h6-11H,1-5H3,(H,18,20)/t10-,11+/m0/s1. The van der Waals surface area contributed by atoms with E-state index in [9.17, 15) is 13.2 Å². The zero-order valence-corrected chi connectivity index (χ0v) is 16.1. The van der Waals surface area contributed by atoms with Crippen LogP contribution in [0.2, 0.25) is 10.0 Å². The topological polar surface area (TPSA) is 66.5 Å². The number of amides is 1. The SMILES string of the molecule is CC(C)[C@H](C)NC(=O)[C@@H](C)N(c1ccc(Cl)c(Cl)c1)S(C)(=O)=O. The fourth-order valence-electron chi connectivity index (χ4n) is 1.94.